The lowest BCUT2D eigenvalue weighted by molar-refractivity contribution is 0.251. The second kappa shape index (κ2) is 14.6. The summed E-state index contributed by atoms with van der Waals surface area (Å²) in [5.74, 6) is 0.990. The summed E-state index contributed by atoms with van der Waals surface area (Å²) in [7, 11) is 4.00. The maximum Gasteiger partial charge on any atom is 0.320 e. The van der Waals surface area contributed by atoms with Crippen molar-refractivity contribution in [3.8, 4) is 28.6 Å². The highest BCUT2D eigenvalue weighted by molar-refractivity contribution is 7.99. The van der Waals surface area contributed by atoms with E-state index in [2.05, 4.69) is 46.5 Å². The maximum atomic E-state index is 14.0. The number of aromatic nitrogens is 5. The number of carbonyl (C=O) groups is 1. The first-order valence-electron chi connectivity index (χ1n) is 16.1. The van der Waals surface area contributed by atoms with Crippen LogP contribution in [0.15, 0.2) is 101 Å². The molecule has 0 atom stereocenters. The summed E-state index contributed by atoms with van der Waals surface area (Å²) < 4.78 is 23.4. The number of carbonyl (C=O) groups excluding carboxylic acids is 1. The number of nitrogens with zero attached hydrogens (tertiary/aromatic N) is 6. The van der Waals surface area contributed by atoms with Crippen molar-refractivity contribution in [3.05, 3.63) is 108 Å². The lowest BCUT2D eigenvalue weighted by Gasteiger charge is -2.14. The van der Waals surface area contributed by atoms with E-state index in [1.807, 2.05) is 87.0 Å². The quantitative estimate of drug-likeness (QED) is 0.131. The van der Waals surface area contributed by atoms with Crippen molar-refractivity contribution in [1.29, 1.82) is 0 Å². The van der Waals surface area contributed by atoms with Gasteiger partial charge < -0.3 is 20.1 Å². The molecule has 6 aromatic rings. The number of phenolic OH excluding ortho intramolecular Hbond substituents is 1. The molecule has 0 fully saturated rings. The van der Waals surface area contributed by atoms with Crippen molar-refractivity contribution in [2.24, 2.45) is 0 Å². The number of likely N-dealkylation sites (N-methyl/N-ethyl adjacent to an activating group) is 1. The number of hydrogen-bond acceptors (Lipinski definition) is 8. The van der Waals surface area contributed by atoms with E-state index in [-0.39, 0.29) is 29.3 Å². The lowest BCUT2D eigenvalue weighted by Crippen LogP contribution is -2.29. The monoisotopic (exact) mass is 694 g/mol. The highest BCUT2D eigenvalue weighted by Gasteiger charge is 2.22. The molecule has 258 valence electrons. The zero-order valence-electron chi connectivity index (χ0n) is 28.5. The maximum absolute atomic E-state index is 14.0. The van der Waals surface area contributed by atoms with Crippen LogP contribution in [0.1, 0.15) is 32.0 Å². The van der Waals surface area contributed by atoms with Gasteiger partial charge in [-0.15, -0.1) is 10.2 Å². The largest absolute Gasteiger partial charge is 0.507 e. The summed E-state index contributed by atoms with van der Waals surface area (Å²) in [5, 5.41) is 29.6. The minimum Gasteiger partial charge on any atom is -0.507 e. The molecule has 50 heavy (non-hydrogen) atoms. The second-order valence-corrected chi connectivity index (χ2v) is 14.1. The summed E-state index contributed by atoms with van der Waals surface area (Å²) in [5.41, 5.74) is 3.05. The van der Waals surface area contributed by atoms with Crippen LogP contribution in [0.2, 0.25) is 0 Å². The van der Waals surface area contributed by atoms with E-state index in [1.165, 1.54) is 30.0 Å². The molecule has 0 radical (unpaired) electrons. The fourth-order valence-electron chi connectivity index (χ4n) is 5.10. The van der Waals surface area contributed by atoms with E-state index in [9.17, 15) is 14.3 Å². The molecule has 0 aliphatic rings. The summed E-state index contributed by atoms with van der Waals surface area (Å²) in [6.07, 6.45) is 1.84. The number of anilines is 1. The topological polar surface area (TPSA) is 122 Å². The molecule has 0 aliphatic heterocycles. The fourth-order valence-corrected chi connectivity index (χ4v) is 6.07. The van der Waals surface area contributed by atoms with E-state index in [0.29, 0.717) is 29.6 Å². The fraction of sp³-hybridized carbons (Fsp3) is 0.243. The van der Waals surface area contributed by atoms with Crippen LogP contribution in [0.5, 0.6) is 11.5 Å². The standard InChI is InChI=1S/C37H39FN8O3S/c1-37(2,3)32-21-34(46(43-32)26-10-8-11-27(20-26)49-18-17-44(4)5)40-36(48)39-22-24-9-6-7-12-31(24)50-28-14-16-33-41-42-35(45(33)23-28)29-19-25(38)13-15-30(29)47/h6-16,19-21,23,47H,17-18,22H2,1-5H3,(H2,39,40,48). The Hall–Kier alpha value is -5.40. The van der Waals surface area contributed by atoms with Gasteiger partial charge in [0.05, 0.1) is 16.9 Å². The highest BCUT2D eigenvalue weighted by atomic mass is 32.2. The third-order valence-corrected chi connectivity index (χ3v) is 8.90. The molecular weight excluding hydrogens is 656 g/mol. The SMILES string of the molecule is CN(C)CCOc1cccc(-n2nc(C(C)(C)C)cc2NC(=O)NCc2ccccc2Sc2ccc3nnc(-c4cc(F)ccc4O)n3c2)c1. The van der Waals surface area contributed by atoms with E-state index in [4.69, 9.17) is 9.84 Å². The van der Waals surface area contributed by atoms with Gasteiger partial charge in [0.15, 0.2) is 11.5 Å². The smallest absolute Gasteiger partial charge is 0.320 e. The first-order valence-corrected chi connectivity index (χ1v) is 16.9. The zero-order valence-corrected chi connectivity index (χ0v) is 29.3. The van der Waals surface area contributed by atoms with Gasteiger partial charge in [0.25, 0.3) is 0 Å². The van der Waals surface area contributed by atoms with Gasteiger partial charge in [-0.25, -0.2) is 13.9 Å². The van der Waals surface area contributed by atoms with E-state index in [0.717, 1.165) is 33.3 Å². The minimum atomic E-state index is -0.486. The van der Waals surface area contributed by atoms with Gasteiger partial charge in [-0.3, -0.25) is 9.72 Å². The molecule has 0 aliphatic carbocycles. The first-order chi connectivity index (χ1) is 23.9. The Morgan fingerprint density at radius 2 is 1.82 bits per heavy atom. The number of halogens is 1. The van der Waals surface area contributed by atoms with Gasteiger partial charge in [0.1, 0.15) is 29.7 Å². The Labute approximate surface area is 294 Å². The predicted octanol–water partition coefficient (Wildman–Crippen LogP) is 7.14. The van der Waals surface area contributed by atoms with Crippen molar-refractivity contribution < 1.29 is 19.0 Å². The van der Waals surface area contributed by atoms with Gasteiger partial charge >= 0.3 is 6.03 Å². The van der Waals surface area contributed by atoms with E-state index < -0.39 is 5.82 Å². The van der Waals surface area contributed by atoms with E-state index in [1.54, 1.807) is 9.08 Å². The van der Waals surface area contributed by atoms with Crippen LogP contribution in [0, 0.1) is 5.82 Å². The molecule has 3 heterocycles. The zero-order chi connectivity index (χ0) is 35.4. The molecule has 0 unspecified atom stereocenters. The van der Waals surface area contributed by atoms with Gasteiger partial charge in [0.2, 0.25) is 0 Å². The van der Waals surface area contributed by atoms with Crippen LogP contribution in [0.25, 0.3) is 22.7 Å². The average molecular weight is 695 g/mol. The van der Waals surface area contributed by atoms with Gasteiger partial charge in [0, 0.05) is 46.6 Å². The first kappa shape index (κ1) is 34.5. The molecule has 0 bridgehead atoms. The molecule has 0 saturated heterocycles. The van der Waals surface area contributed by atoms with Gasteiger partial charge in [-0.1, -0.05) is 56.8 Å². The summed E-state index contributed by atoms with van der Waals surface area (Å²) in [6, 6.07) is 24.4. The van der Waals surface area contributed by atoms with Crippen LogP contribution in [-0.2, 0) is 12.0 Å². The predicted molar refractivity (Wildman–Crippen MR) is 193 cm³/mol. The molecule has 11 nitrogen and oxygen atoms in total. The number of fused-ring (bicyclic) bond motifs is 1. The molecule has 6 rings (SSSR count). The lowest BCUT2D eigenvalue weighted by atomic mass is 9.92. The number of hydrogen-bond donors (Lipinski definition) is 3. The van der Waals surface area contributed by atoms with Crippen molar-refractivity contribution in [3.63, 3.8) is 0 Å². The Morgan fingerprint density at radius 1 is 1.00 bits per heavy atom. The number of amides is 2. The van der Waals surface area contributed by atoms with Crippen molar-refractivity contribution in [2.45, 2.75) is 42.5 Å². The van der Waals surface area contributed by atoms with Crippen molar-refractivity contribution in [1.82, 2.24) is 34.6 Å². The van der Waals surface area contributed by atoms with Crippen LogP contribution in [0.3, 0.4) is 0 Å². The Bertz CT molecular complexity index is 2140. The van der Waals surface area contributed by atoms with Crippen LogP contribution in [-0.4, -0.2) is 67.7 Å². The number of ether oxygens (including phenoxy) is 1. The Balaban J connectivity index is 1.18. The summed E-state index contributed by atoms with van der Waals surface area (Å²) >= 11 is 1.50. The average Bonchev–Trinajstić information content (AvgIpc) is 3.70. The van der Waals surface area contributed by atoms with E-state index >= 15 is 0 Å². The third kappa shape index (κ3) is 8.07. The molecule has 3 N–H and O–H groups in total. The molecule has 2 amide bonds. The highest BCUT2D eigenvalue weighted by Crippen LogP contribution is 2.34. The molecule has 0 spiro atoms. The Kier molecular flexibility index (Phi) is 10.1. The normalized spacial score (nSPS) is 11.7. The van der Waals surface area contributed by atoms with Gasteiger partial charge in [-0.05, 0) is 68.2 Å². The number of pyridine rings is 1. The number of benzene rings is 3. The Morgan fingerprint density at radius 3 is 2.62 bits per heavy atom. The van der Waals surface area contributed by atoms with Crippen molar-refractivity contribution >= 4 is 29.3 Å². The summed E-state index contributed by atoms with van der Waals surface area (Å²) in [6.45, 7) is 7.83. The number of rotatable bonds is 11. The van der Waals surface area contributed by atoms with Gasteiger partial charge in [-0.2, -0.15) is 5.10 Å². The summed E-state index contributed by atoms with van der Waals surface area (Å²) in [4.78, 5) is 17.2. The molecule has 3 aromatic carbocycles. The molecule has 3 aromatic heterocycles. The minimum absolute atomic E-state index is 0.0933. The van der Waals surface area contributed by atoms with Crippen LogP contribution >= 0.6 is 11.8 Å². The number of urea groups is 1. The number of nitrogens with one attached hydrogen (secondary N) is 2. The van der Waals surface area contributed by atoms with Crippen LogP contribution < -0.4 is 15.4 Å². The molecule has 13 heteroatoms. The molecular formula is C37H39FN8O3S. The number of aromatic hydroxyl groups is 1. The number of phenols is 1. The molecule has 0 saturated carbocycles. The van der Waals surface area contributed by atoms with Crippen molar-refractivity contribution in [2.75, 3.05) is 32.6 Å². The second-order valence-electron chi connectivity index (χ2n) is 13.0. The third-order valence-electron chi connectivity index (χ3n) is 7.80. The van der Waals surface area contributed by atoms with Crippen LogP contribution in [0.4, 0.5) is 15.0 Å².